The minimum Gasteiger partial charge on any atom is -0.493 e. The fraction of sp³-hybridized carbons (Fsp3) is 0.609. The number of para-hydroxylation sites is 1. The van der Waals surface area contributed by atoms with Crippen LogP contribution in [0.15, 0.2) is 18.2 Å². The van der Waals surface area contributed by atoms with E-state index in [-0.39, 0.29) is 6.10 Å². The molecule has 2 heterocycles. The molecule has 1 aromatic carbocycles. The van der Waals surface area contributed by atoms with Gasteiger partial charge in [0.1, 0.15) is 0 Å². The van der Waals surface area contributed by atoms with E-state index in [1.165, 1.54) is 11.3 Å². The topological polar surface area (TPSA) is 48.8 Å². The van der Waals surface area contributed by atoms with Crippen LogP contribution < -0.4 is 9.47 Å². The van der Waals surface area contributed by atoms with Gasteiger partial charge in [-0.25, -0.2) is 0 Å². The largest absolute Gasteiger partial charge is 0.493 e. The van der Waals surface area contributed by atoms with Crippen LogP contribution in [0, 0.1) is 13.8 Å². The molecule has 0 spiro atoms. The van der Waals surface area contributed by atoms with Crippen molar-refractivity contribution in [1.29, 1.82) is 0 Å². The average Bonchev–Trinajstić information content (AvgIpc) is 3.31. The second kappa shape index (κ2) is 9.63. The number of aryl methyl sites for hydroxylation is 1. The summed E-state index contributed by atoms with van der Waals surface area (Å²) in [6.45, 7) is 12.0. The molecule has 1 aromatic heterocycles. The number of benzene rings is 1. The highest BCUT2D eigenvalue weighted by atomic mass is 16.5. The minimum absolute atomic E-state index is 0.285. The van der Waals surface area contributed by atoms with E-state index >= 15 is 0 Å². The van der Waals surface area contributed by atoms with Crippen molar-refractivity contribution in [2.24, 2.45) is 0 Å². The molecule has 0 N–H and O–H groups in total. The summed E-state index contributed by atoms with van der Waals surface area (Å²) >= 11 is 0. The van der Waals surface area contributed by atoms with Gasteiger partial charge in [0.25, 0.3) is 0 Å². The van der Waals surface area contributed by atoms with Gasteiger partial charge in [-0.05, 0) is 46.6 Å². The number of aromatic nitrogens is 2. The molecule has 0 saturated carbocycles. The highest BCUT2D eigenvalue weighted by molar-refractivity contribution is 5.46. The molecule has 1 fully saturated rings. The zero-order valence-electron chi connectivity index (χ0n) is 18.7. The van der Waals surface area contributed by atoms with Gasteiger partial charge in [0.2, 0.25) is 0 Å². The lowest BCUT2D eigenvalue weighted by Crippen LogP contribution is -2.32. The third-order valence-corrected chi connectivity index (χ3v) is 5.71. The molecule has 0 unspecified atom stereocenters. The molecule has 3 rings (SSSR count). The van der Waals surface area contributed by atoms with Crippen LogP contribution in [-0.2, 0) is 17.8 Å². The molecule has 1 aliphatic rings. The lowest BCUT2D eigenvalue weighted by Gasteiger charge is -2.26. The maximum Gasteiger partial charge on any atom is 0.165 e. The van der Waals surface area contributed by atoms with Gasteiger partial charge in [0.05, 0.1) is 26.0 Å². The van der Waals surface area contributed by atoms with E-state index in [9.17, 15) is 0 Å². The summed E-state index contributed by atoms with van der Waals surface area (Å²) in [5.74, 6) is 1.57. The Bertz CT molecular complexity index is 810. The molecule has 1 atom stereocenters. The van der Waals surface area contributed by atoms with Gasteiger partial charge in [-0.1, -0.05) is 12.1 Å². The highest BCUT2D eigenvalue weighted by Gasteiger charge is 2.23. The Morgan fingerprint density at radius 3 is 2.59 bits per heavy atom. The Morgan fingerprint density at radius 1 is 1.21 bits per heavy atom. The second-order valence-corrected chi connectivity index (χ2v) is 8.14. The summed E-state index contributed by atoms with van der Waals surface area (Å²) in [4.78, 5) is 2.45. The van der Waals surface area contributed by atoms with Gasteiger partial charge in [0, 0.05) is 49.1 Å². The molecule has 1 saturated heterocycles. The molecule has 2 aromatic rings. The van der Waals surface area contributed by atoms with Crippen molar-refractivity contribution in [3.8, 4) is 11.5 Å². The number of nitrogens with zero attached hydrogens (tertiary/aromatic N) is 3. The lowest BCUT2D eigenvalue weighted by molar-refractivity contribution is 0.0674. The Labute approximate surface area is 174 Å². The summed E-state index contributed by atoms with van der Waals surface area (Å²) in [5, 5.41) is 4.78. The molecular formula is C23H35N3O3. The van der Waals surface area contributed by atoms with E-state index < -0.39 is 0 Å². The molecule has 0 bridgehead atoms. The normalized spacial score (nSPS) is 16.8. The van der Waals surface area contributed by atoms with Crippen LogP contribution in [0.5, 0.6) is 11.5 Å². The smallest absolute Gasteiger partial charge is 0.165 e. The first kappa shape index (κ1) is 21.7. The van der Waals surface area contributed by atoms with E-state index in [2.05, 4.69) is 43.3 Å². The molecule has 0 aliphatic carbocycles. The Kier molecular flexibility index (Phi) is 7.19. The molecule has 6 nitrogen and oxygen atoms in total. The zero-order valence-corrected chi connectivity index (χ0v) is 18.7. The van der Waals surface area contributed by atoms with E-state index in [0.717, 1.165) is 61.8 Å². The monoisotopic (exact) mass is 401 g/mol. The molecule has 29 heavy (non-hydrogen) atoms. The summed E-state index contributed by atoms with van der Waals surface area (Å²) in [6.07, 6.45) is 2.55. The fourth-order valence-electron chi connectivity index (χ4n) is 4.23. The first-order chi connectivity index (χ1) is 13.9. The molecule has 0 radical (unpaired) electrons. The molecule has 6 heteroatoms. The van der Waals surface area contributed by atoms with Crippen molar-refractivity contribution >= 4 is 0 Å². The van der Waals surface area contributed by atoms with Crippen molar-refractivity contribution in [3.05, 3.63) is 40.7 Å². The van der Waals surface area contributed by atoms with Crippen molar-refractivity contribution < 1.29 is 14.2 Å². The minimum atomic E-state index is 0.285. The summed E-state index contributed by atoms with van der Waals surface area (Å²) < 4.78 is 19.2. The average molecular weight is 402 g/mol. The van der Waals surface area contributed by atoms with Crippen molar-refractivity contribution in [3.63, 3.8) is 0 Å². The van der Waals surface area contributed by atoms with Crippen LogP contribution in [0.1, 0.15) is 55.2 Å². The summed E-state index contributed by atoms with van der Waals surface area (Å²) in [6, 6.07) is 6.43. The third kappa shape index (κ3) is 4.93. The number of ether oxygens (including phenoxy) is 3. The van der Waals surface area contributed by atoms with Gasteiger partial charge in [0.15, 0.2) is 11.5 Å². The Morgan fingerprint density at radius 2 is 2.00 bits per heavy atom. The maximum atomic E-state index is 5.95. The summed E-state index contributed by atoms with van der Waals surface area (Å²) in [7, 11) is 3.38. The zero-order chi connectivity index (χ0) is 21.0. The van der Waals surface area contributed by atoms with Crippen LogP contribution in [0.4, 0.5) is 0 Å². The Hall–Kier alpha value is -2.05. The molecular weight excluding hydrogens is 366 g/mol. The van der Waals surface area contributed by atoms with Crippen LogP contribution in [-0.4, -0.2) is 48.2 Å². The van der Waals surface area contributed by atoms with Gasteiger partial charge in [-0.15, -0.1) is 0 Å². The highest BCUT2D eigenvalue weighted by Crippen LogP contribution is 2.32. The quantitative estimate of drug-likeness (QED) is 0.628. The van der Waals surface area contributed by atoms with Crippen LogP contribution in [0.3, 0.4) is 0 Å². The predicted octanol–water partition coefficient (Wildman–Crippen LogP) is 4.28. The first-order valence-corrected chi connectivity index (χ1v) is 10.5. The second-order valence-electron chi connectivity index (χ2n) is 8.14. The van der Waals surface area contributed by atoms with Crippen molar-refractivity contribution in [1.82, 2.24) is 14.7 Å². The number of rotatable bonds is 9. The van der Waals surface area contributed by atoms with Crippen LogP contribution in [0.25, 0.3) is 0 Å². The van der Waals surface area contributed by atoms with E-state index in [4.69, 9.17) is 19.3 Å². The number of hydrogen-bond acceptors (Lipinski definition) is 5. The van der Waals surface area contributed by atoms with Gasteiger partial charge in [-0.2, -0.15) is 5.10 Å². The molecule has 1 aliphatic heterocycles. The first-order valence-electron chi connectivity index (χ1n) is 10.5. The van der Waals surface area contributed by atoms with Crippen LogP contribution in [0.2, 0.25) is 0 Å². The maximum absolute atomic E-state index is 5.95. The predicted molar refractivity (Wildman–Crippen MR) is 115 cm³/mol. The lowest BCUT2D eigenvalue weighted by atomic mass is 10.1. The van der Waals surface area contributed by atoms with Crippen LogP contribution >= 0.6 is 0 Å². The third-order valence-electron chi connectivity index (χ3n) is 5.71. The SMILES string of the molecule is COc1cccc(CN(Cc2c(C)nn(C(C)C)c2C)C[C@H]2CCCO2)c1OC. The van der Waals surface area contributed by atoms with Crippen molar-refractivity contribution in [2.45, 2.75) is 65.8 Å². The van der Waals surface area contributed by atoms with Crippen molar-refractivity contribution in [2.75, 3.05) is 27.4 Å². The molecule has 160 valence electrons. The fourth-order valence-corrected chi connectivity index (χ4v) is 4.23. The Balaban J connectivity index is 1.88. The number of methoxy groups -OCH3 is 2. The van der Waals surface area contributed by atoms with E-state index in [1.807, 2.05) is 12.1 Å². The number of hydrogen-bond donors (Lipinski definition) is 0. The van der Waals surface area contributed by atoms with E-state index in [0.29, 0.717) is 6.04 Å². The molecule has 0 amide bonds. The van der Waals surface area contributed by atoms with Gasteiger partial charge < -0.3 is 14.2 Å². The van der Waals surface area contributed by atoms with E-state index in [1.54, 1.807) is 14.2 Å². The summed E-state index contributed by atoms with van der Waals surface area (Å²) in [5.41, 5.74) is 4.77. The van der Waals surface area contributed by atoms with Gasteiger partial charge >= 0.3 is 0 Å². The van der Waals surface area contributed by atoms with Gasteiger partial charge in [-0.3, -0.25) is 9.58 Å². The standard InChI is InChI=1S/C23H35N3O3/c1-16(2)26-18(4)21(17(3)24-26)15-25(14-20-10-8-12-29-20)13-19-9-7-11-22(27-5)23(19)28-6/h7,9,11,16,20H,8,10,12-15H2,1-6H3/t20-/m1/s1.